The van der Waals surface area contributed by atoms with Gasteiger partial charge in [0.25, 0.3) is 5.91 Å². The van der Waals surface area contributed by atoms with Crippen molar-refractivity contribution in [3.8, 4) is 0 Å². The van der Waals surface area contributed by atoms with Crippen LogP contribution in [-0.2, 0) is 16.6 Å². The topological polar surface area (TPSA) is 82.9 Å². The van der Waals surface area contributed by atoms with E-state index in [0.717, 1.165) is 19.6 Å². The molecule has 0 atom stereocenters. The number of likely N-dealkylation sites (N-methyl/N-ethyl adjacent to an activating group) is 1. The Kier molecular flexibility index (Phi) is 5.75. The van der Waals surface area contributed by atoms with Crippen LogP contribution in [0.3, 0.4) is 0 Å². The standard InChI is InChI=1S/C18H23N3O4S/c1-2-20-8-10-21(11-9-20)18(22)15-5-3-7-17(13-15)26(23,24)19-14-16-6-4-12-25-16/h3-7,12-13,19H,2,8-11,14H2,1H3. The average Bonchev–Trinajstić information content (AvgIpc) is 3.20. The summed E-state index contributed by atoms with van der Waals surface area (Å²) in [6.07, 6.45) is 1.49. The molecule has 2 aromatic rings. The maximum absolute atomic E-state index is 12.7. The summed E-state index contributed by atoms with van der Waals surface area (Å²) in [7, 11) is -3.72. The molecule has 1 fully saturated rings. The summed E-state index contributed by atoms with van der Waals surface area (Å²) in [6, 6.07) is 9.55. The Bertz CT molecular complexity index is 841. The van der Waals surface area contributed by atoms with Gasteiger partial charge in [-0.15, -0.1) is 0 Å². The normalized spacial score (nSPS) is 16.0. The third kappa shape index (κ3) is 4.32. The summed E-state index contributed by atoms with van der Waals surface area (Å²) in [5, 5.41) is 0. The third-order valence-corrected chi connectivity index (χ3v) is 5.91. The SMILES string of the molecule is CCN1CCN(C(=O)c2cccc(S(=O)(=O)NCc3ccco3)c2)CC1. The molecular formula is C18H23N3O4S. The molecule has 1 N–H and O–H groups in total. The molecule has 0 saturated carbocycles. The number of amides is 1. The lowest BCUT2D eigenvalue weighted by Gasteiger charge is -2.34. The van der Waals surface area contributed by atoms with Crippen LogP contribution in [0.1, 0.15) is 23.0 Å². The highest BCUT2D eigenvalue weighted by molar-refractivity contribution is 7.89. The van der Waals surface area contributed by atoms with Gasteiger partial charge in [-0.05, 0) is 36.9 Å². The van der Waals surface area contributed by atoms with E-state index in [9.17, 15) is 13.2 Å². The molecule has 1 aromatic heterocycles. The minimum Gasteiger partial charge on any atom is -0.468 e. The van der Waals surface area contributed by atoms with Crippen molar-refractivity contribution < 1.29 is 17.6 Å². The number of furan rings is 1. The maximum Gasteiger partial charge on any atom is 0.253 e. The van der Waals surface area contributed by atoms with E-state index in [-0.39, 0.29) is 17.3 Å². The minimum atomic E-state index is -3.72. The van der Waals surface area contributed by atoms with Crippen LogP contribution < -0.4 is 4.72 Å². The molecule has 0 unspecified atom stereocenters. The molecule has 8 heteroatoms. The number of carbonyl (C=O) groups excluding carboxylic acids is 1. The van der Waals surface area contributed by atoms with E-state index in [4.69, 9.17) is 4.42 Å². The number of carbonyl (C=O) groups is 1. The predicted octanol–water partition coefficient (Wildman–Crippen LogP) is 1.54. The highest BCUT2D eigenvalue weighted by Crippen LogP contribution is 2.15. The first-order valence-electron chi connectivity index (χ1n) is 8.63. The van der Waals surface area contributed by atoms with Crippen LogP contribution in [0.4, 0.5) is 0 Å². The zero-order valence-electron chi connectivity index (χ0n) is 14.7. The molecule has 1 saturated heterocycles. The number of sulfonamides is 1. The van der Waals surface area contributed by atoms with Gasteiger partial charge in [0.15, 0.2) is 0 Å². The van der Waals surface area contributed by atoms with Crippen molar-refractivity contribution >= 4 is 15.9 Å². The highest BCUT2D eigenvalue weighted by Gasteiger charge is 2.23. The van der Waals surface area contributed by atoms with Crippen LogP contribution in [-0.4, -0.2) is 56.8 Å². The molecule has 140 valence electrons. The Morgan fingerprint density at radius 2 is 1.92 bits per heavy atom. The fraction of sp³-hybridized carbons (Fsp3) is 0.389. The quantitative estimate of drug-likeness (QED) is 0.826. The maximum atomic E-state index is 12.7. The number of nitrogens with one attached hydrogen (secondary N) is 1. The molecular weight excluding hydrogens is 354 g/mol. The van der Waals surface area contributed by atoms with Crippen molar-refractivity contribution in [1.82, 2.24) is 14.5 Å². The van der Waals surface area contributed by atoms with Crippen molar-refractivity contribution in [1.29, 1.82) is 0 Å². The second-order valence-electron chi connectivity index (χ2n) is 6.16. The van der Waals surface area contributed by atoms with Gasteiger partial charge in [-0.1, -0.05) is 13.0 Å². The Balaban J connectivity index is 1.70. The summed E-state index contributed by atoms with van der Waals surface area (Å²) >= 11 is 0. The summed E-state index contributed by atoms with van der Waals surface area (Å²) in [5.41, 5.74) is 0.385. The van der Waals surface area contributed by atoms with Gasteiger partial charge in [0.05, 0.1) is 17.7 Å². The third-order valence-electron chi connectivity index (χ3n) is 4.51. The Labute approximate surface area is 153 Å². The lowest BCUT2D eigenvalue weighted by Crippen LogP contribution is -2.48. The van der Waals surface area contributed by atoms with Crippen LogP contribution in [0, 0.1) is 0 Å². The number of benzene rings is 1. The summed E-state index contributed by atoms with van der Waals surface area (Å²) in [5.74, 6) is 0.387. The lowest BCUT2D eigenvalue weighted by atomic mass is 10.2. The van der Waals surface area contributed by atoms with Crippen molar-refractivity contribution in [2.75, 3.05) is 32.7 Å². The van der Waals surface area contributed by atoms with Crippen molar-refractivity contribution in [3.63, 3.8) is 0 Å². The van der Waals surface area contributed by atoms with Gasteiger partial charge in [0.2, 0.25) is 10.0 Å². The van der Waals surface area contributed by atoms with Crippen molar-refractivity contribution in [2.45, 2.75) is 18.4 Å². The van der Waals surface area contributed by atoms with E-state index in [1.165, 1.54) is 18.4 Å². The number of piperazine rings is 1. The molecule has 0 radical (unpaired) electrons. The van der Waals surface area contributed by atoms with Crippen LogP contribution in [0.5, 0.6) is 0 Å². The monoisotopic (exact) mass is 377 g/mol. The highest BCUT2D eigenvalue weighted by atomic mass is 32.2. The van der Waals surface area contributed by atoms with Gasteiger partial charge < -0.3 is 14.2 Å². The molecule has 1 aromatic carbocycles. The molecule has 3 rings (SSSR count). The summed E-state index contributed by atoms with van der Waals surface area (Å²) < 4.78 is 32.6. The summed E-state index contributed by atoms with van der Waals surface area (Å²) in [4.78, 5) is 16.8. The lowest BCUT2D eigenvalue weighted by molar-refractivity contribution is 0.0643. The fourth-order valence-electron chi connectivity index (χ4n) is 2.91. The zero-order chi connectivity index (χ0) is 18.6. The van der Waals surface area contributed by atoms with E-state index in [0.29, 0.717) is 24.4 Å². The second-order valence-corrected chi connectivity index (χ2v) is 7.93. The molecule has 1 aliphatic heterocycles. The van der Waals surface area contributed by atoms with E-state index in [1.807, 2.05) is 0 Å². The number of hydrogen-bond acceptors (Lipinski definition) is 5. The average molecular weight is 377 g/mol. The molecule has 7 nitrogen and oxygen atoms in total. The molecule has 1 amide bonds. The molecule has 2 heterocycles. The Morgan fingerprint density at radius 3 is 2.58 bits per heavy atom. The second kappa shape index (κ2) is 8.03. The van der Waals surface area contributed by atoms with E-state index in [2.05, 4.69) is 16.5 Å². The smallest absolute Gasteiger partial charge is 0.253 e. The molecule has 0 bridgehead atoms. The van der Waals surface area contributed by atoms with Crippen LogP contribution >= 0.6 is 0 Å². The number of hydrogen-bond donors (Lipinski definition) is 1. The molecule has 1 aliphatic rings. The van der Waals surface area contributed by atoms with Crippen LogP contribution in [0.15, 0.2) is 52.0 Å². The largest absolute Gasteiger partial charge is 0.468 e. The molecule has 0 spiro atoms. The zero-order valence-corrected chi connectivity index (χ0v) is 15.5. The predicted molar refractivity (Wildman–Crippen MR) is 97.2 cm³/mol. The first-order valence-corrected chi connectivity index (χ1v) is 10.1. The van der Waals surface area contributed by atoms with Gasteiger partial charge in [-0.3, -0.25) is 4.79 Å². The number of rotatable bonds is 6. The van der Waals surface area contributed by atoms with Crippen molar-refractivity contribution in [2.24, 2.45) is 0 Å². The molecule has 0 aliphatic carbocycles. The minimum absolute atomic E-state index is 0.0620. The first kappa shape index (κ1) is 18.6. The Hall–Kier alpha value is -2.16. The van der Waals surface area contributed by atoms with E-state index in [1.54, 1.807) is 29.2 Å². The van der Waals surface area contributed by atoms with Gasteiger partial charge in [-0.25, -0.2) is 13.1 Å². The van der Waals surface area contributed by atoms with Crippen molar-refractivity contribution in [3.05, 3.63) is 54.0 Å². The van der Waals surface area contributed by atoms with E-state index >= 15 is 0 Å². The van der Waals surface area contributed by atoms with Gasteiger partial charge in [0, 0.05) is 31.7 Å². The van der Waals surface area contributed by atoms with Gasteiger partial charge in [-0.2, -0.15) is 0 Å². The van der Waals surface area contributed by atoms with Crippen LogP contribution in [0.2, 0.25) is 0 Å². The number of nitrogens with zero attached hydrogens (tertiary/aromatic N) is 2. The van der Waals surface area contributed by atoms with Crippen LogP contribution in [0.25, 0.3) is 0 Å². The summed E-state index contributed by atoms with van der Waals surface area (Å²) in [6.45, 7) is 6.11. The molecule has 26 heavy (non-hydrogen) atoms. The van der Waals surface area contributed by atoms with E-state index < -0.39 is 10.0 Å². The Morgan fingerprint density at radius 1 is 1.15 bits per heavy atom. The van der Waals surface area contributed by atoms with Gasteiger partial charge >= 0.3 is 0 Å². The fourth-order valence-corrected chi connectivity index (χ4v) is 3.95. The van der Waals surface area contributed by atoms with Gasteiger partial charge in [0.1, 0.15) is 5.76 Å². The first-order chi connectivity index (χ1) is 12.5.